The van der Waals surface area contributed by atoms with E-state index in [-0.39, 0.29) is 23.6 Å². The Kier molecular flexibility index (Phi) is 6.15. The van der Waals surface area contributed by atoms with Gasteiger partial charge in [0.15, 0.2) is 0 Å². The number of nitrogens with one attached hydrogen (secondary N) is 1. The number of rotatable bonds is 5. The summed E-state index contributed by atoms with van der Waals surface area (Å²) in [5.74, 6) is 0.0915. The summed E-state index contributed by atoms with van der Waals surface area (Å²) >= 11 is 4.87. The van der Waals surface area contributed by atoms with E-state index in [4.69, 9.17) is 4.74 Å². The average Bonchev–Trinajstić information content (AvgIpc) is 3.32. The first-order valence-electron chi connectivity index (χ1n) is 9.70. The first-order chi connectivity index (χ1) is 14.0. The van der Waals surface area contributed by atoms with Gasteiger partial charge in [0.1, 0.15) is 6.10 Å². The van der Waals surface area contributed by atoms with Crippen LogP contribution in [0.2, 0.25) is 0 Å². The molecule has 154 valence electrons. The Morgan fingerprint density at radius 3 is 2.55 bits per heavy atom. The van der Waals surface area contributed by atoms with Crippen LogP contribution in [0.5, 0.6) is 0 Å². The molecule has 0 aliphatic carbocycles. The summed E-state index contributed by atoms with van der Waals surface area (Å²) in [4.78, 5) is 39.9. The second-order valence-electron chi connectivity index (χ2n) is 7.23. The third-order valence-corrected chi connectivity index (χ3v) is 7.18. The van der Waals surface area contributed by atoms with Gasteiger partial charge in [0.05, 0.1) is 18.3 Å². The number of amides is 3. The first-order valence-corrected chi connectivity index (χ1v) is 11.4. The van der Waals surface area contributed by atoms with Crippen molar-refractivity contribution in [3.63, 3.8) is 0 Å². The highest BCUT2D eigenvalue weighted by atomic mass is 79.9. The van der Waals surface area contributed by atoms with E-state index >= 15 is 0 Å². The predicted molar refractivity (Wildman–Crippen MR) is 116 cm³/mol. The van der Waals surface area contributed by atoms with E-state index in [9.17, 15) is 14.4 Å². The predicted octanol–water partition coefficient (Wildman–Crippen LogP) is 3.39. The van der Waals surface area contributed by atoms with Crippen LogP contribution in [0.4, 0.5) is 16.2 Å². The van der Waals surface area contributed by atoms with Crippen LogP contribution in [0.1, 0.15) is 25.7 Å². The van der Waals surface area contributed by atoms with Crippen LogP contribution in [-0.4, -0.2) is 48.9 Å². The van der Waals surface area contributed by atoms with Crippen LogP contribution < -0.4 is 15.1 Å². The maximum Gasteiger partial charge on any atom is 0.414 e. The van der Waals surface area contributed by atoms with Crippen molar-refractivity contribution in [1.29, 1.82) is 0 Å². The van der Waals surface area contributed by atoms with E-state index in [0.717, 1.165) is 34.6 Å². The molecule has 1 N–H and O–H groups in total. The molecule has 2 saturated heterocycles. The highest BCUT2D eigenvalue weighted by Crippen LogP contribution is 2.36. The maximum atomic E-state index is 12.3. The fourth-order valence-electron chi connectivity index (χ4n) is 3.65. The standard InChI is InChI=1S/C20H22BrN3O4S/c21-17-9-8-16(29-17)19(26)22-11-15-12-24(20(27)28-15)14-6-4-13(5-7-14)23-10-2-1-3-18(23)25/h4-7,9,15-16H,1-3,8,10-12H2,(H,22,26)/t15-,16?/m0/s1. The maximum absolute atomic E-state index is 12.3. The number of ether oxygens (including phenoxy) is 1. The molecule has 1 aromatic rings. The number of piperidine rings is 1. The number of nitrogens with zero attached hydrogens (tertiary/aromatic N) is 2. The van der Waals surface area contributed by atoms with Crippen LogP contribution in [0, 0.1) is 0 Å². The smallest absolute Gasteiger partial charge is 0.414 e. The minimum Gasteiger partial charge on any atom is -0.442 e. The molecule has 29 heavy (non-hydrogen) atoms. The summed E-state index contributed by atoms with van der Waals surface area (Å²) in [6.07, 6.45) is 4.39. The Morgan fingerprint density at radius 2 is 1.90 bits per heavy atom. The van der Waals surface area contributed by atoms with E-state index in [0.29, 0.717) is 19.4 Å². The number of allylic oxidation sites excluding steroid dienone is 1. The number of hydrogen-bond acceptors (Lipinski definition) is 5. The molecule has 4 rings (SSSR count). The molecule has 0 spiro atoms. The van der Waals surface area contributed by atoms with E-state index in [2.05, 4.69) is 21.2 Å². The lowest BCUT2D eigenvalue weighted by molar-refractivity contribution is -0.121. The Labute approximate surface area is 181 Å². The van der Waals surface area contributed by atoms with Crippen molar-refractivity contribution in [2.75, 3.05) is 29.4 Å². The Hall–Kier alpha value is -2.00. The number of hydrogen-bond donors (Lipinski definition) is 1. The number of thioether (sulfide) groups is 1. The molecule has 0 bridgehead atoms. The van der Waals surface area contributed by atoms with E-state index in [1.54, 1.807) is 9.80 Å². The van der Waals surface area contributed by atoms with Crippen molar-refractivity contribution in [1.82, 2.24) is 5.32 Å². The molecule has 1 aromatic carbocycles. The van der Waals surface area contributed by atoms with Gasteiger partial charge in [-0.3, -0.25) is 14.5 Å². The molecular weight excluding hydrogens is 458 g/mol. The van der Waals surface area contributed by atoms with Gasteiger partial charge in [-0.25, -0.2) is 4.79 Å². The number of halogens is 1. The second-order valence-corrected chi connectivity index (χ2v) is 9.85. The summed E-state index contributed by atoms with van der Waals surface area (Å²) in [7, 11) is 0. The highest BCUT2D eigenvalue weighted by Gasteiger charge is 2.33. The molecule has 0 radical (unpaired) electrons. The van der Waals surface area contributed by atoms with Gasteiger partial charge in [0.25, 0.3) is 0 Å². The van der Waals surface area contributed by atoms with Crippen LogP contribution in [0.15, 0.2) is 34.2 Å². The Balaban J connectivity index is 1.32. The molecule has 0 saturated carbocycles. The highest BCUT2D eigenvalue weighted by molar-refractivity contribution is 9.14. The van der Waals surface area contributed by atoms with Crippen molar-refractivity contribution in [3.8, 4) is 0 Å². The molecule has 0 aromatic heterocycles. The first kappa shape index (κ1) is 20.3. The second kappa shape index (κ2) is 8.79. The summed E-state index contributed by atoms with van der Waals surface area (Å²) < 4.78 is 6.38. The molecular formula is C20H22BrN3O4S. The van der Waals surface area contributed by atoms with Crippen molar-refractivity contribution in [3.05, 3.63) is 34.2 Å². The number of carbonyl (C=O) groups is 3. The number of anilines is 2. The van der Waals surface area contributed by atoms with Gasteiger partial charge in [0, 0.05) is 28.2 Å². The molecule has 7 nitrogen and oxygen atoms in total. The molecule has 3 amide bonds. The zero-order valence-electron chi connectivity index (χ0n) is 15.8. The SMILES string of the molecule is O=C(NC[C@H]1CN(c2ccc(N3CCCCC3=O)cc2)C(=O)O1)C1CC=C(Br)S1. The normalized spacial score (nSPS) is 24.5. The minimum atomic E-state index is -0.425. The largest absolute Gasteiger partial charge is 0.442 e. The zero-order chi connectivity index (χ0) is 20.4. The minimum absolute atomic E-state index is 0.0502. The van der Waals surface area contributed by atoms with Crippen LogP contribution >= 0.6 is 27.7 Å². The molecule has 2 fully saturated rings. The van der Waals surface area contributed by atoms with Crippen molar-refractivity contribution in [2.24, 2.45) is 0 Å². The molecule has 1 unspecified atom stereocenters. The fourth-order valence-corrected chi connectivity index (χ4v) is 5.36. The van der Waals surface area contributed by atoms with Crippen LogP contribution in [0.25, 0.3) is 0 Å². The van der Waals surface area contributed by atoms with Crippen LogP contribution in [-0.2, 0) is 14.3 Å². The van der Waals surface area contributed by atoms with Crippen molar-refractivity contribution in [2.45, 2.75) is 37.0 Å². The summed E-state index contributed by atoms with van der Waals surface area (Å²) in [5.41, 5.74) is 1.57. The number of benzene rings is 1. The van der Waals surface area contributed by atoms with E-state index in [1.807, 2.05) is 30.3 Å². The van der Waals surface area contributed by atoms with Gasteiger partial charge in [-0.2, -0.15) is 0 Å². The molecule has 2 atom stereocenters. The van der Waals surface area contributed by atoms with Gasteiger partial charge < -0.3 is 15.0 Å². The summed E-state index contributed by atoms with van der Waals surface area (Å²) in [6.45, 7) is 1.40. The number of cyclic esters (lactones) is 1. The lowest BCUT2D eigenvalue weighted by atomic mass is 10.1. The van der Waals surface area contributed by atoms with Crippen molar-refractivity contribution >= 4 is 57.0 Å². The van der Waals surface area contributed by atoms with Gasteiger partial charge in [-0.1, -0.05) is 6.08 Å². The van der Waals surface area contributed by atoms with Crippen molar-refractivity contribution < 1.29 is 19.1 Å². The lowest BCUT2D eigenvalue weighted by Gasteiger charge is -2.27. The molecule has 3 aliphatic heterocycles. The third kappa shape index (κ3) is 4.61. The fraction of sp³-hybridized carbons (Fsp3) is 0.450. The van der Waals surface area contributed by atoms with E-state index < -0.39 is 12.2 Å². The monoisotopic (exact) mass is 479 g/mol. The molecule has 9 heteroatoms. The zero-order valence-corrected chi connectivity index (χ0v) is 18.2. The summed E-state index contributed by atoms with van der Waals surface area (Å²) in [6, 6.07) is 7.39. The van der Waals surface area contributed by atoms with Gasteiger partial charge in [-0.15, -0.1) is 11.8 Å². The topological polar surface area (TPSA) is 79.0 Å². The van der Waals surface area contributed by atoms with Gasteiger partial charge in [-0.05, 0) is 59.5 Å². The Bertz CT molecular complexity index is 845. The lowest BCUT2D eigenvalue weighted by Crippen LogP contribution is -2.38. The quantitative estimate of drug-likeness (QED) is 0.699. The average molecular weight is 480 g/mol. The molecule has 3 heterocycles. The van der Waals surface area contributed by atoms with E-state index in [1.165, 1.54) is 11.8 Å². The third-order valence-electron chi connectivity index (χ3n) is 5.21. The van der Waals surface area contributed by atoms with Gasteiger partial charge in [0.2, 0.25) is 11.8 Å². The molecule has 3 aliphatic rings. The number of carbonyl (C=O) groups excluding carboxylic acids is 3. The Morgan fingerprint density at radius 1 is 1.17 bits per heavy atom. The summed E-state index contributed by atoms with van der Waals surface area (Å²) in [5, 5.41) is 2.74. The van der Waals surface area contributed by atoms with Crippen LogP contribution in [0.3, 0.4) is 0 Å². The van der Waals surface area contributed by atoms with Gasteiger partial charge >= 0.3 is 6.09 Å².